The molecule has 0 aliphatic heterocycles. The highest BCUT2D eigenvalue weighted by atomic mass is 127. The number of hydrogen-bond acceptors (Lipinski definition) is 0. The van der Waals surface area contributed by atoms with Gasteiger partial charge in [0.2, 0.25) is 0 Å². The summed E-state index contributed by atoms with van der Waals surface area (Å²) in [5.74, 6) is 0.845. The average molecular weight is 276 g/mol. The van der Waals surface area contributed by atoms with Crippen molar-refractivity contribution < 1.29 is 0 Å². The Hall–Kier alpha value is 0.860. The van der Waals surface area contributed by atoms with E-state index in [4.69, 9.17) is 7.74 Å². The number of halogens is 1. The van der Waals surface area contributed by atoms with Crippen molar-refractivity contribution in [3.63, 3.8) is 0 Å². The molecule has 0 aromatic heterocycles. The van der Waals surface area contributed by atoms with Crippen molar-refractivity contribution in [2.24, 2.45) is 5.92 Å². The van der Waals surface area contributed by atoms with Gasteiger partial charge in [-0.1, -0.05) is 63.0 Å². The quantitative estimate of drug-likeness (QED) is 0.410. The van der Waals surface area contributed by atoms with Crippen molar-refractivity contribution in [2.45, 2.75) is 50.2 Å². The molecule has 0 saturated heterocycles. The summed E-state index contributed by atoms with van der Waals surface area (Å²) in [5.41, 5.74) is 0. The van der Waals surface area contributed by atoms with E-state index in [1.54, 1.807) is 0 Å². The molecule has 0 nitrogen and oxygen atoms in total. The standard InChI is InChI=1S/C9H19B2I/c1-5-8(2)6-7-9(3,12)11(4)10/h8H,5-7H2,1-4H3. The molecular formula is C9H19B2I. The van der Waals surface area contributed by atoms with E-state index in [0.29, 0.717) is 6.60 Å². The molecule has 0 heterocycles. The Bertz CT molecular complexity index is 124. The minimum atomic E-state index is 0.279. The van der Waals surface area contributed by atoms with Crippen molar-refractivity contribution in [3.05, 3.63) is 0 Å². The summed E-state index contributed by atoms with van der Waals surface area (Å²) in [6.45, 7) is 9.21. The van der Waals surface area contributed by atoms with Crippen LogP contribution in [0.1, 0.15) is 40.0 Å². The van der Waals surface area contributed by atoms with Crippen LogP contribution in [-0.2, 0) is 0 Å². The van der Waals surface area contributed by atoms with Crippen LogP contribution < -0.4 is 0 Å². The Morgan fingerprint density at radius 1 is 1.58 bits per heavy atom. The fourth-order valence-electron chi connectivity index (χ4n) is 0.960. The highest BCUT2D eigenvalue weighted by molar-refractivity contribution is 14.1. The van der Waals surface area contributed by atoms with E-state index in [1.165, 1.54) is 19.3 Å². The van der Waals surface area contributed by atoms with Crippen LogP contribution in [0.3, 0.4) is 0 Å². The van der Waals surface area contributed by atoms with Gasteiger partial charge in [-0.15, -0.1) is 0 Å². The Kier molecular flexibility index (Phi) is 5.96. The van der Waals surface area contributed by atoms with Crippen LogP contribution in [0.2, 0.25) is 6.82 Å². The molecule has 0 rings (SSSR count). The summed E-state index contributed by atoms with van der Waals surface area (Å²) in [7, 11) is 5.89. The first-order valence-electron chi connectivity index (χ1n) is 4.84. The summed E-state index contributed by atoms with van der Waals surface area (Å²) in [6, 6.07) is 0. The third kappa shape index (κ3) is 4.78. The molecular weight excluding hydrogens is 257 g/mol. The lowest BCUT2D eigenvalue weighted by molar-refractivity contribution is 0.488. The maximum Gasteiger partial charge on any atom is 0.107 e. The van der Waals surface area contributed by atoms with Gasteiger partial charge in [-0.05, 0) is 15.7 Å². The fourth-order valence-corrected chi connectivity index (χ4v) is 1.27. The Balaban J connectivity index is 3.75. The highest BCUT2D eigenvalue weighted by Crippen LogP contribution is 2.28. The van der Waals surface area contributed by atoms with Gasteiger partial charge in [0.1, 0.15) is 6.60 Å². The van der Waals surface area contributed by atoms with Crippen molar-refractivity contribution in [2.75, 3.05) is 0 Å². The largest absolute Gasteiger partial charge is 0.107 e. The molecule has 0 amide bonds. The SMILES string of the molecule is [B]B(C)C(C)(I)CCC(C)CC. The summed E-state index contributed by atoms with van der Waals surface area (Å²) in [4.78, 5) is 0. The molecule has 0 N–H and O–H groups in total. The molecule has 2 atom stereocenters. The van der Waals surface area contributed by atoms with Crippen molar-refractivity contribution in [1.82, 2.24) is 0 Å². The smallest absolute Gasteiger partial charge is 0.0919 e. The van der Waals surface area contributed by atoms with E-state index in [1.807, 2.05) is 0 Å². The van der Waals surface area contributed by atoms with Crippen molar-refractivity contribution >= 4 is 36.9 Å². The van der Waals surface area contributed by atoms with Gasteiger partial charge in [0.15, 0.2) is 0 Å². The topological polar surface area (TPSA) is 0 Å². The third-order valence-corrected chi connectivity index (χ3v) is 4.29. The third-order valence-electron chi connectivity index (χ3n) is 2.77. The highest BCUT2D eigenvalue weighted by Gasteiger charge is 2.25. The summed E-state index contributed by atoms with van der Waals surface area (Å²) in [5, 5.41) is 0. The van der Waals surface area contributed by atoms with Crippen molar-refractivity contribution in [3.8, 4) is 0 Å². The number of alkyl halides is 1. The lowest BCUT2D eigenvalue weighted by Crippen LogP contribution is -2.35. The van der Waals surface area contributed by atoms with Gasteiger partial charge < -0.3 is 0 Å². The Morgan fingerprint density at radius 3 is 2.42 bits per heavy atom. The Labute approximate surface area is 92.9 Å². The minimum Gasteiger partial charge on any atom is -0.0919 e. The van der Waals surface area contributed by atoms with E-state index in [-0.39, 0.29) is 3.32 Å². The first kappa shape index (κ1) is 12.9. The van der Waals surface area contributed by atoms with Gasteiger partial charge in [-0.2, -0.15) is 0 Å². The number of hydrogen-bond donors (Lipinski definition) is 0. The normalized spacial score (nSPS) is 18.4. The van der Waals surface area contributed by atoms with Gasteiger partial charge in [0.25, 0.3) is 0 Å². The Morgan fingerprint density at radius 2 is 2.08 bits per heavy atom. The van der Waals surface area contributed by atoms with Crippen LogP contribution in [0.15, 0.2) is 0 Å². The minimum absolute atomic E-state index is 0.279. The van der Waals surface area contributed by atoms with Gasteiger partial charge in [0.05, 0.1) is 0 Å². The maximum absolute atomic E-state index is 5.89. The summed E-state index contributed by atoms with van der Waals surface area (Å²) < 4.78 is 0.279. The zero-order valence-electron chi connectivity index (χ0n) is 8.73. The van der Waals surface area contributed by atoms with Gasteiger partial charge in [-0.25, -0.2) is 0 Å². The zero-order valence-corrected chi connectivity index (χ0v) is 10.9. The van der Waals surface area contributed by atoms with Crippen LogP contribution in [-0.4, -0.2) is 17.7 Å². The second-order valence-electron chi connectivity index (χ2n) is 4.12. The van der Waals surface area contributed by atoms with E-state index in [2.05, 4.69) is 50.2 Å². The summed E-state index contributed by atoms with van der Waals surface area (Å²) in [6.07, 6.45) is 3.82. The van der Waals surface area contributed by atoms with Crippen molar-refractivity contribution in [1.29, 1.82) is 0 Å². The van der Waals surface area contributed by atoms with Crippen LogP contribution in [0.25, 0.3) is 0 Å². The predicted molar refractivity (Wildman–Crippen MR) is 68.5 cm³/mol. The molecule has 2 radical (unpaired) electrons. The molecule has 0 fully saturated rings. The molecule has 68 valence electrons. The average Bonchev–Trinajstić information content (AvgIpc) is 2.00. The summed E-state index contributed by atoms with van der Waals surface area (Å²) >= 11 is 2.49. The monoisotopic (exact) mass is 276 g/mol. The molecule has 0 bridgehead atoms. The lowest BCUT2D eigenvalue weighted by Gasteiger charge is -2.27. The van der Waals surface area contributed by atoms with Crippen LogP contribution in [0.4, 0.5) is 0 Å². The van der Waals surface area contributed by atoms with Crippen LogP contribution >= 0.6 is 22.6 Å². The molecule has 0 aromatic carbocycles. The molecule has 3 heteroatoms. The zero-order chi connectivity index (χ0) is 9.78. The second-order valence-corrected chi connectivity index (χ2v) is 6.58. The van der Waals surface area contributed by atoms with Gasteiger partial charge in [-0.3, -0.25) is 0 Å². The first-order valence-corrected chi connectivity index (χ1v) is 5.92. The van der Waals surface area contributed by atoms with E-state index in [9.17, 15) is 0 Å². The fraction of sp³-hybridized carbons (Fsp3) is 1.00. The van der Waals surface area contributed by atoms with E-state index in [0.717, 1.165) is 5.92 Å². The number of rotatable bonds is 5. The molecule has 0 spiro atoms. The van der Waals surface area contributed by atoms with E-state index >= 15 is 0 Å². The van der Waals surface area contributed by atoms with Gasteiger partial charge >= 0.3 is 0 Å². The van der Waals surface area contributed by atoms with Crippen LogP contribution in [0.5, 0.6) is 0 Å². The maximum atomic E-state index is 5.89. The molecule has 12 heavy (non-hydrogen) atoms. The van der Waals surface area contributed by atoms with Crippen LogP contribution in [0, 0.1) is 5.92 Å². The predicted octanol–water partition coefficient (Wildman–Crippen LogP) is 3.34. The molecule has 0 aromatic rings. The molecule has 0 aliphatic rings. The lowest BCUT2D eigenvalue weighted by atomic mass is 9.28. The molecule has 0 aliphatic carbocycles. The first-order chi connectivity index (χ1) is 5.40. The van der Waals surface area contributed by atoms with E-state index < -0.39 is 0 Å². The molecule has 2 unspecified atom stereocenters. The molecule has 0 saturated carbocycles. The second kappa shape index (κ2) is 5.56. The van der Waals surface area contributed by atoms with Gasteiger partial charge in [0, 0.05) is 7.74 Å².